The van der Waals surface area contributed by atoms with E-state index in [1.807, 2.05) is 0 Å². The number of nitrogens with one attached hydrogen (secondary N) is 2. The Morgan fingerprint density at radius 2 is 1.92 bits per heavy atom. The van der Waals surface area contributed by atoms with Gasteiger partial charge in [-0.25, -0.2) is 0 Å². The highest BCUT2D eigenvalue weighted by Gasteiger charge is 2.10. The van der Waals surface area contributed by atoms with E-state index in [0.29, 0.717) is 13.1 Å². The predicted octanol–water partition coefficient (Wildman–Crippen LogP) is -1.11. The van der Waals surface area contributed by atoms with Crippen LogP contribution in [0.4, 0.5) is 0 Å². The molecule has 0 aliphatic rings. The quantitative estimate of drug-likeness (QED) is 0.329. The molecule has 0 aromatic heterocycles. The van der Waals surface area contributed by atoms with Gasteiger partial charge in [-0.3, -0.25) is 9.36 Å². The third-order valence-corrected chi connectivity index (χ3v) is 2.06. The Balaban J connectivity index is 3.18. The summed E-state index contributed by atoms with van der Waals surface area (Å²) in [6, 6.07) is 0. The average molecular weight is 210 g/mol. The fourth-order valence-electron chi connectivity index (χ4n) is 0.677. The minimum absolute atomic E-state index is 0.114. The normalized spacial score (nSPS) is 11.3. The van der Waals surface area contributed by atoms with Crippen LogP contribution in [0.25, 0.3) is 0 Å². The molecule has 0 bridgehead atoms. The summed E-state index contributed by atoms with van der Waals surface area (Å²) < 4.78 is 10.4. The van der Waals surface area contributed by atoms with E-state index < -0.39 is 7.60 Å². The Bertz CT molecular complexity index is 203. The summed E-state index contributed by atoms with van der Waals surface area (Å²) >= 11 is 0. The molecule has 7 heteroatoms. The molecule has 0 unspecified atom stereocenters. The molecule has 0 fully saturated rings. The maximum atomic E-state index is 10.4. The van der Waals surface area contributed by atoms with Crippen LogP contribution in [0.5, 0.6) is 0 Å². The van der Waals surface area contributed by atoms with Crippen molar-refractivity contribution in [1.29, 1.82) is 0 Å². The van der Waals surface area contributed by atoms with Gasteiger partial charge in [-0.2, -0.15) is 0 Å². The van der Waals surface area contributed by atoms with Gasteiger partial charge in [-0.15, -0.1) is 0 Å². The second-order valence-corrected chi connectivity index (χ2v) is 4.40. The third-order valence-electron chi connectivity index (χ3n) is 1.26. The number of amides is 1. The Morgan fingerprint density at radius 3 is 2.38 bits per heavy atom. The first-order chi connectivity index (χ1) is 5.92. The van der Waals surface area contributed by atoms with Crippen molar-refractivity contribution in [2.45, 2.75) is 6.92 Å². The average Bonchev–Trinajstić information content (AvgIpc) is 1.93. The zero-order valence-corrected chi connectivity index (χ0v) is 8.38. The first-order valence-electron chi connectivity index (χ1n) is 3.91. The maximum absolute atomic E-state index is 10.4. The summed E-state index contributed by atoms with van der Waals surface area (Å²) in [6.45, 7) is 2.65. The molecule has 0 aliphatic carbocycles. The molecule has 0 rings (SSSR count). The number of rotatable bonds is 6. The van der Waals surface area contributed by atoms with Crippen LogP contribution in [0.1, 0.15) is 6.92 Å². The zero-order valence-electron chi connectivity index (χ0n) is 7.49. The lowest BCUT2D eigenvalue weighted by molar-refractivity contribution is -0.118. The van der Waals surface area contributed by atoms with Crippen LogP contribution in [-0.4, -0.2) is 41.5 Å². The summed E-state index contributed by atoms with van der Waals surface area (Å²) in [4.78, 5) is 27.3. The molecule has 0 saturated carbocycles. The second-order valence-electron chi connectivity index (χ2n) is 2.62. The molecule has 78 valence electrons. The minimum atomic E-state index is -3.88. The van der Waals surface area contributed by atoms with E-state index in [9.17, 15) is 9.36 Å². The lowest BCUT2D eigenvalue weighted by Crippen LogP contribution is -2.31. The third kappa shape index (κ3) is 11.6. The van der Waals surface area contributed by atoms with Crippen molar-refractivity contribution in [3.05, 3.63) is 0 Å². The largest absolute Gasteiger partial charge is 0.355 e. The van der Waals surface area contributed by atoms with Gasteiger partial charge in [0.25, 0.3) is 0 Å². The van der Waals surface area contributed by atoms with Crippen molar-refractivity contribution < 1.29 is 19.1 Å². The van der Waals surface area contributed by atoms with Crippen LogP contribution in [0.15, 0.2) is 0 Å². The molecule has 6 nitrogen and oxygen atoms in total. The minimum Gasteiger partial charge on any atom is -0.355 e. The van der Waals surface area contributed by atoms with Gasteiger partial charge in [0.1, 0.15) is 0 Å². The fraction of sp³-hybridized carbons (Fsp3) is 0.833. The first-order valence-corrected chi connectivity index (χ1v) is 5.71. The van der Waals surface area contributed by atoms with Gasteiger partial charge in [-0.05, 0) is 0 Å². The maximum Gasteiger partial charge on any atom is 0.326 e. The highest BCUT2D eigenvalue weighted by molar-refractivity contribution is 7.51. The van der Waals surface area contributed by atoms with Crippen molar-refractivity contribution in [2.75, 3.05) is 25.8 Å². The summed E-state index contributed by atoms with van der Waals surface area (Å²) in [5.41, 5.74) is 0. The van der Waals surface area contributed by atoms with Crippen molar-refractivity contribution in [1.82, 2.24) is 10.6 Å². The van der Waals surface area contributed by atoms with Crippen LogP contribution in [0.2, 0.25) is 0 Å². The second kappa shape index (κ2) is 6.10. The molecule has 0 radical (unpaired) electrons. The van der Waals surface area contributed by atoms with E-state index in [4.69, 9.17) is 9.79 Å². The Kier molecular flexibility index (Phi) is 5.90. The molecule has 0 spiro atoms. The first kappa shape index (κ1) is 12.6. The van der Waals surface area contributed by atoms with E-state index in [-0.39, 0.29) is 18.6 Å². The molecular weight excluding hydrogens is 195 g/mol. The zero-order chi connectivity index (χ0) is 10.3. The van der Waals surface area contributed by atoms with Gasteiger partial charge in [0.05, 0.1) is 6.16 Å². The van der Waals surface area contributed by atoms with E-state index in [1.54, 1.807) is 0 Å². The number of hydrogen-bond donors (Lipinski definition) is 4. The highest BCUT2D eigenvalue weighted by Crippen LogP contribution is 2.32. The van der Waals surface area contributed by atoms with Crippen LogP contribution in [-0.2, 0) is 9.36 Å². The van der Waals surface area contributed by atoms with Crippen LogP contribution < -0.4 is 10.6 Å². The Hall–Kier alpha value is -0.420. The van der Waals surface area contributed by atoms with Gasteiger partial charge in [-0.1, -0.05) is 0 Å². The van der Waals surface area contributed by atoms with E-state index in [0.717, 1.165) is 0 Å². The van der Waals surface area contributed by atoms with Gasteiger partial charge >= 0.3 is 7.60 Å². The summed E-state index contributed by atoms with van der Waals surface area (Å²) in [5, 5.41) is 5.34. The van der Waals surface area contributed by atoms with Crippen LogP contribution in [0.3, 0.4) is 0 Å². The molecule has 0 aromatic carbocycles. The number of carbonyl (C=O) groups is 1. The summed E-state index contributed by atoms with van der Waals surface area (Å²) in [5.74, 6) is -0.114. The molecule has 0 aliphatic heterocycles. The summed E-state index contributed by atoms with van der Waals surface area (Å²) in [6.07, 6.45) is -0.174. The predicted molar refractivity (Wildman–Crippen MR) is 48.5 cm³/mol. The van der Waals surface area contributed by atoms with E-state index in [1.165, 1.54) is 6.92 Å². The molecule has 4 N–H and O–H groups in total. The van der Waals surface area contributed by atoms with Crippen molar-refractivity contribution in [2.24, 2.45) is 0 Å². The SMILES string of the molecule is CC(=O)NCCNCCP(=O)(O)O. The lowest BCUT2D eigenvalue weighted by atomic mass is 10.5. The molecule has 13 heavy (non-hydrogen) atoms. The smallest absolute Gasteiger partial charge is 0.326 e. The molecule has 0 heterocycles. The number of hydrogen-bond acceptors (Lipinski definition) is 3. The molecule has 0 aromatic rings. The topological polar surface area (TPSA) is 98.7 Å². The van der Waals surface area contributed by atoms with Crippen molar-refractivity contribution in [3.8, 4) is 0 Å². The van der Waals surface area contributed by atoms with Gasteiger partial charge < -0.3 is 20.4 Å². The van der Waals surface area contributed by atoms with Crippen LogP contribution in [0, 0.1) is 0 Å². The van der Waals surface area contributed by atoms with Crippen LogP contribution >= 0.6 is 7.60 Å². The molecule has 0 saturated heterocycles. The van der Waals surface area contributed by atoms with E-state index >= 15 is 0 Å². The molecule has 1 amide bonds. The molecule has 0 atom stereocenters. The van der Waals surface area contributed by atoms with Crippen molar-refractivity contribution in [3.63, 3.8) is 0 Å². The highest BCUT2D eigenvalue weighted by atomic mass is 31.2. The summed E-state index contributed by atoms with van der Waals surface area (Å²) in [7, 11) is -3.88. The Morgan fingerprint density at radius 1 is 1.31 bits per heavy atom. The molecular formula is C6H15N2O4P. The Labute approximate surface area is 76.9 Å². The van der Waals surface area contributed by atoms with E-state index in [2.05, 4.69) is 10.6 Å². The standard InChI is InChI=1S/C6H15N2O4P/c1-6(9)8-3-2-7-4-5-13(10,11)12/h7H,2-5H2,1H3,(H,8,9)(H2,10,11,12). The van der Waals surface area contributed by atoms with Crippen molar-refractivity contribution >= 4 is 13.5 Å². The fourth-order valence-corrected chi connectivity index (χ4v) is 1.13. The monoisotopic (exact) mass is 210 g/mol. The van der Waals surface area contributed by atoms with Gasteiger partial charge in [0.2, 0.25) is 5.91 Å². The lowest BCUT2D eigenvalue weighted by Gasteiger charge is -2.05. The number of carbonyl (C=O) groups excluding carboxylic acids is 1. The van der Waals surface area contributed by atoms with Gasteiger partial charge in [0, 0.05) is 26.6 Å². The van der Waals surface area contributed by atoms with Gasteiger partial charge in [0.15, 0.2) is 0 Å².